The monoisotopic (exact) mass is 957 g/mol. The molecule has 0 saturated carbocycles. The van der Waals surface area contributed by atoms with Crippen LogP contribution in [0.1, 0.15) is 226 Å². The topological polar surface area (TPSA) is 108 Å². The van der Waals surface area contributed by atoms with E-state index in [2.05, 4.69) is 92.1 Å². The third-order valence-electron chi connectivity index (χ3n) is 11.8. The van der Waals surface area contributed by atoms with Gasteiger partial charge in [0.2, 0.25) is 5.91 Å². The molecular formula is C58H105N2O6P. The second kappa shape index (κ2) is 48.7. The van der Waals surface area contributed by atoms with Gasteiger partial charge in [0.05, 0.1) is 39.9 Å². The summed E-state index contributed by atoms with van der Waals surface area (Å²) in [5, 5.41) is 13.8. The van der Waals surface area contributed by atoms with Crippen LogP contribution in [0.4, 0.5) is 0 Å². The number of allylic oxidation sites excluding steroid dienone is 13. The first-order chi connectivity index (χ1) is 32.5. The minimum absolute atomic E-state index is 0.0104. The number of phosphoric acid groups is 1. The molecule has 2 N–H and O–H groups in total. The summed E-state index contributed by atoms with van der Waals surface area (Å²) in [5.41, 5.74) is 0. The highest BCUT2D eigenvalue weighted by molar-refractivity contribution is 7.45. The molecule has 3 atom stereocenters. The van der Waals surface area contributed by atoms with Crippen LogP contribution in [0.25, 0.3) is 0 Å². The Kier molecular flexibility index (Phi) is 47.0. The minimum Gasteiger partial charge on any atom is -0.756 e. The fourth-order valence-corrected chi connectivity index (χ4v) is 8.27. The number of rotatable bonds is 49. The predicted octanol–water partition coefficient (Wildman–Crippen LogP) is 15.8. The average Bonchev–Trinajstić information content (AvgIpc) is 3.29. The van der Waals surface area contributed by atoms with E-state index in [0.717, 1.165) is 70.6 Å². The Morgan fingerprint density at radius 1 is 0.537 bits per heavy atom. The van der Waals surface area contributed by atoms with Crippen LogP contribution in [0.15, 0.2) is 85.1 Å². The standard InChI is InChI=1S/C58H105N2O6P/c1-6-8-10-12-14-16-18-20-22-24-26-27-28-29-30-31-32-33-34-36-38-40-42-44-46-48-50-52-58(62)59-56(55-66-67(63,64)65-54-53-60(3,4)5)57(61)51-49-47-45-43-41-39-37-35-25-23-21-19-17-15-13-11-9-7-2/h8,10,14,16,20,22,26-27,29-30,41,43,49,51,56-57,61H,6-7,9,11-13,15,17-19,21,23-25,28,31-40,42,44-48,50,52-55H2,1-5H3,(H-,59,62,63,64)/b10-8-,16-14-,22-20-,27-26-,30-29-,43-41+,51-49+. The number of carbonyl (C=O) groups excluding carboxylic acids is 1. The molecule has 0 aromatic rings. The average molecular weight is 957 g/mol. The van der Waals surface area contributed by atoms with E-state index >= 15 is 0 Å². The molecule has 0 saturated heterocycles. The lowest BCUT2D eigenvalue weighted by Crippen LogP contribution is -2.45. The first kappa shape index (κ1) is 64.7. The Bertz CT molecular complexity index is 1360. The highest BCUT2D eigenvalue weighted by atomic mass is 31.2. The van der Waals surface area contributed by atoms with Crippen molar-refractivity contribution in [2.45, 2.75) is 238 Å². The highest BCUT2D eigenvalue weighted by Crippen LogP contribution is 2.38. The van der Waals surface area contributed by atoms with E-state index in [1.807, 2.05) is 27.2 Å². The maximum atomic E-state index is 12.9. The molecule has 0 spiro atoms. The van der Waals surface area contributed by atoms with Gasteiger partial charge in [0.1, 0.15) is 13.2 Å². The van der Waals surface area contributed by atoms with Gasteiger partial charge in [-0.3, -0.25) is 9.36 Å². The van der Waals surface area contributed by atoms with Crippen molar-refractivity contribution in [1.82, 2.24) is 5.32 Å². The molecule has 0 aliphatic heterocycles. The third kappa shape index (κ3) is 51.4. The first-order valence-corrected chi connectivity index (χ1v) is 28.9. The van der Waals surface area contributed by atoms with Gasteiger partial charge in [0, 0.05) is 6.42 Å². The van der Waals surface area contributed by atoms with Gasteiger partial charge in [-0.2, -0.15) is 0 Å². The summed E-state index contributed by atoms with van der Waals surface area (Å²) in [5.74, 6) is -0.213. The van der Waals surface area contributed by atoms with Gasteiger partial charge >= 0.3 is 0 Å². The molecule has 0 heterocycles. The predicted molar refractivity (Wildman–Crippen MR) is 288 cm³/mol. The second-order valence-electron chi connectivity index (χ2n) is 19.5. The molecule has 1 amide bonds. The van der Waals surface area contributed by atoms with Crippen LogP contribution in [-0.4, -0.2) is 68.5 Å². The van der Waals surface area contributed by atoms with E-state index in [4.69, 9.17) is 9.05 Å². The summed E-state index contributed by atoms with van der Waals surface area (Å²) in [6.45, 7) is 4.51. The van der Waals surface area contributed by atoms with E-state index in [1.165, 1.54) is 135 Å². The lowest BCUT2D eigenvalue weighted by molar-refractivity contribution is -0.870. The molecule has 3 unspecified atom stereocenters. The van der Waals surface area contributed by atoms with Gasteiger partial charge in [0.25, 0.3) is 7.82 Å². The smallest absolute Gasteiger partial charge is 0.268 e. The summed E-state index contributed by atoms with van der Waals surface area (Å²) < 4.78 is 23.3. The lowest BCUT2D eigenvalue weighted by atomic mass is 10.0. The fourth-order valence-electron chi connectivity index (χ4n) is 7.55. The molecule has 0 fully saturated rings. The van der Waals surface area contributed by atoms with Crippen molar-refractivity contribution >= 4 is 13.7 Å². The molecule has 0 aliphatic rings. The van der Waals surface area contributed by atoms with Crippen molar-refractivity contribution in [2.24, 2.45) is 0 Å². The van der Waals surface area contributed by atoms with Crippen LogP contribution in [0, 0.1) is 0 Å². The number of nitrogens with one attached hydrogen (secondary N) is 1. The number of hydrogen-bond acceptors (Lipinski definition) is 6. The minimum atomic E-state index is -4.61. The Labute approximate surface area is 414 Å². The zero-order chi connectivity index (χ0) is 49.2. The Morgan fingerprint density at radius 2 is 0.925 bits per heavy atom. The van der Waals surface area contributed by atoms with Crippen molar-refractivity contribution in [3.05, 3.63) is 85.1 Å². The lowest BCUT2D eigenvalue weighted by Gasteiger charge is -2.29. The van der Waals surface area contributed by atoms with Gasteiger partial charge in [0.15, 0.2) is 0 Å². The number of carbonyl (C=O) groups is 1. The molecule has 8 nitrogen and oxygen atoms in total. The van der Waals surface area contributed by atoms with Crippen LogP contribution < -0.4 is 10.2 Å². The zero-order valence-corrected chi connectivity index (χ0v) is 45.0. The Hall–Kier alpha value is -2.32. The number of nitrogens with zero attached hydrogens (tertiary/aromatic N) is 1. The first-order valence-electron chi connectivity index (χ1n) is 27.4. The van der Waals surface area contributed by atoms with E-state index < -0.39 is 26.6 Å². The molecule has 388 valence electrons. The summed E-state index contributed by atoms with van der Waals surface area (Å²) in [6.07, 6.45) is 67.9. The quantitative estimate of drug-likeness (QED) is 0.0272. The molecule has 0 bridgehead atoms. The molecule has 0 radical (unpaired) electrons. The van der Waals surface area contributed by atoms with Crippen molar-refractivity contribution < 1.29 is 32.9 Å². The largest absolute Gasteiger partial charge is 0.756 e. The van der Waals surface area contributed by atoms with Gasteiger partial charge in [-0.15, -0.1) is 0 Å². The second-order valence-corrected chi connectivity index (χ2v) is 21.0. The van der Waals surface area contributed by atoms with Gasteiger partial charge < -0.3 is 28.8 Å². The van der Waals surface area contributed by atoms with E-state index in [9.17, 15) is 19.4 Å². The Morgan fingerprint density at radius 3 is 1.39 bits per heavy atom. The third-order valence-corrected chi connectivity index (χ3v) is 12.8. The molecule has 67 heavy (non-hydrogen) atoms. The Balaban J connectivity index is 4.28. The zero-order valence-electron chi connectivity index (χ0n) is 44.1. The van der Waals surface area contributed by atoms with Crippen molar-refractivity contribution in [2.75, 3.05) is 40.9 Å². The molecule has 0 rings (SSSR count). The molecule has 9 heteroatoms. The summed E-state index contributed by atoms with van der Waals surface area (Å²) in [7, 11) is 1.23. The van der Waals surface area contributed by atoms with Crippen LogP contribution in [0.3, 0.4) is 0 Å². The van der Waals surface area contributed by atoms with Gasteiger partial charge in [-0.25, -0.2) is 0 Å². The number of hydrogen-bond donors (Lipinski definition) is 2. The summed E-state index contributed by atoms with van der Waals surface area (Å²) in [6, 6.07) is -0.910. The van der Waals surface area contributed by atoms with Crippen LogP contribution in [0.2, 0.25) is 0 Å². The number of aliphatic hydroxyl groups excluding tert-OH is 1. The summed E-state index contributed by atoms with van der Waals surface area (Å²) >= 11 is 0. The maximum absolute atomic E-state index is 12.9. The van der Waals surface area contributed by atoms with E-state index in [0.29, 0.717) is 17.4 Å². The van der Waals surface area contributed by atoms with Crippen LogP contribution >= 0.6 is 7.82 Å². The van der Waals surface area contributed by atoms with Gasteiger partial charge in [-0.05, 0) is 77.0 Å². The van der Waals surface area contributed by atoms with Gasteiger partial charge in [-0.1, -0.05) is 227 Å². The number of aliphatic hydroxyl groups is 1. The maximum Gasteiger partial charge on any atom is 0.268 e. The van der Waals surface area contributed by atoms with E-state index in [1.54, 1.807) is 6.08 Å². The molecular weight excluding hydrogens is 852 g/mol. The van der Waals surface area contributed by atoms with E-state index in [-0.39, 0.29) is 12.5 Å². The van der Waals surface area contributed by atoms with Crippen LogP contribution in [-0.2, 0) is 18.4 Å². The number of phosphoric ester groups is 1. The summed E-state index contributed by atoms with van der Waals surface area (Å²) in [4.78, 5) is 25.5. The number of quaternary nitrogens is 1. The van der Waals surface area contributed by atoms with Crippen LogP contribution in [0.5, 0.6) is 0 Å². The number of amides is 1. The molecule has 0 aromatic carbocycles. The molecule has 0 aliphatic carbocycles. The van der Waals surface area contributed by atoms with Crippen molar-refractivity contribution in [3.8, 4) is 0 Å². The number of unbranched alkanes of at least 4 members (excludes halogenated alkanes) is 24. The van der Waals surface area contributed by atoms with Crippen molar-refractivity contribution in [1.29, 1.82) is 0 Å². The molecule has 0 aromatic heterocycles. The SMILES string of the molecule is CC/C=C\C/C=C\C/C=C\C/C=C\C/C=C\CCCCCCCCCCCCCC(=O)NC(COP(=O)([O-])OCC[N+](C)(C)C)C(O)/C=C/CC/C=C/CCCCCCCCCCCCCC. The normalized spacial score (nSPS) is 14.7. The fraction of sp³-hybridized carbons (Fsp3) is 0.741. The number of likely N-dealkylation sites (N-methyl/N-ethyl adjacent to an activating group) is 1. The highest BCUT2D eigenvalue weighted by Gasteiger charge is 2.23. The van der Waals surface area contributed by atoms with Crippen molar-refractivity contribution in [3.63, 3.8) is 0 Å².